The molecule has 16 heavy (non-hydrogen) atoms. The predicted octanol–water partition coefficient (Wildman–Crippen LogP) is 1.47. The number of nitro benzene ring substituents is 1. The van der Waals surface area contributed by atoms with Crippen molar-refractivity contribution in [3.63, 3.8) is 0 Å². The maximum Gasteiger partial charge on any atom is 0.311 e. The first-order valence-corrected chi connectivity index (χ1v) is 4.84. The summed E-state index contributed by atoms with van der Waals surface area (Å²) in [4.78, 5) is 10.1. The van der Waals surface area contributed by atoms with Crippen LogP contribution in [0.25, 0.3) is 0 Å². The van der Waals surface area contributed by atoms with Gasteiger partial charge in [-0.2, -0.15) is 0 Å². The van der Waals surface area contributed by atoms with E-state index in [0.717, 1.165) is 18.2 Å². The Labute approximate surface area is 91.4 Å². The van der Waals surface area contributed by atoms with Gasteiger partial charge in [0.25, 0.3) is 0 Å². The summed E-state index contributed by atoms with van der Waals surface area (Å²) >= 11 is 0. The van der Waals surface area contributed by atoms with Gasteiger partial charge in [0.05, 0.1) is 4.92 Å². The molecule has 0 radical (unpaired) electrons. The van der Waals surface area contributed by atoms with Crippen molar-refractivity contribution < 1.29 is 14.1 Å². The summed E-state index contributed by atoms with van der Waals surface area (Å²) in [5, 5.41) is 13.7. The van der Waals surface area contributed by atoms with Crippen LogP contribution in [-0.2, 0) is 0 Å². The number of nitrogens with one attached hydrogen (secondary N) is 1. The number of halogens is 1. The molecule has 0 saturated carbocycles. The van der Waals surface area contributed by atoms with Crippen LogP contribution in [0.15, 0.2) is 18.2 Å². The fourth-order valence-corrected chi connectivity index (χ4v) is 1.54. The van der Waals surface area contributed by atoms with Gasteiger partial charge in [0.2, 0.25) is 5.75 Å². The average Bonchev–Trinajstić information content (AvgIpc) is 2.15. The molecule has 1 fully saturated rings. The van der Waals surface area contributed by atoms with Gasteiger partial charge in [-0.1, -0.05) is 0 Å². The number of benzene rings is 1. The zero-order valence-electron chi connectivity index (χ0n) is 8.70. The summed E-state index contributed by atoms with van der Waals surface area (Å²) in [5.74, 6) is -0.564. The maximum atomic E-state index is 13.0. The Kier molecular flexibility index (Phi) is 2.51. The highest BCUT2D eigenvalue weighted by molar-refractivity contribution is 5.46. The first-order chi connectivity index (χ1) is 7.50. The van der Waals surface area contributed by atoms with Gasteiger partial charge in [0.15, 0.2) is 0 Å². The van der Waals surface area contributed by atoms with Gasteiger partial charge in [-0.15, -0.1) is 0 Å². The molecule has 1 saturated heterocycles. The molecule has 0 aliphatic carbocycles. The van der Waals surface area contributed by atoms with Gasteiger partial charge in [-0.25, -0.2) is 4.39 Å². The highest BCUT2D eigenvalue weighted by atomic mass is 19.1. The molecule has 86 valence electrons. The lowest BCUT2D eigenvalue weighted by Crippen LogP contribution is -2.61. The fraction of sp³-hybridized carbons (Fsp3) is 0.400. The van der Waals surface area contributed by atoms with Crippen molar-refractivity contribution in [3.8, 4) is 5.75 Å². The van der Waals surface area contributed by atoms with Crippen LogP contribution in [0.2, 0.25) is 0 Å². The Morgan fingerprint density at radius 1 is 1.56 bits per heavy atom. The molecular formula is C10H11FN2O3. The lowest BCUT2D eigenvalue weighted by Gasteiger charge is -2.39. The van der Waals surface area contributed by atoms with Crippen molar-refractivity contribution in [3.05, 3.63) is 34.1 Å². The molecular weight excluding hydrogens is 215 g/mol. The van der Waals surface area contributed by atoms with Gasteiger partial charge in [0, 0.05) is 25.2 Å². The van der Waals surface area contributed by atoms with Crippen LogP contribution in [0.3, 0.4) is 0 Å². The van der Waals surface area contributed by atoms with Crippen LogP contribution in [0.4, 0.5) is 10.1 Å². The van der Waals surface area contributed by atoms with E-state index >= 15 is 0 Å². The van der Waals surface area contributed by atoms with E-state index in [0.29, 0.717) is 13.1 Å². The van der Waals surface area contributed by atoms with E-state index in [1.165, 1.54) is 0 Å². The molecule has 1 heterocycles. The first-order valence-electron chi connectivity index (χ1n) is 4.84. The van der Waals surface area contributed by atoms with E-state index in [2.05, 4.69) is 5.32 Å². The smallest absolute Gasteiger partial charge is 0.311 e. The highest BCUT2D eigenvalue weighted by Crippen LogP contribution is 2.31. The SMILES string of the molecule is CC1(Oc2cc(F)ccc2[N+](=O)[O-])CNC1. The third-order valence-electron chi connectivity index (χ3n) is 2.47. The standard InChI is InChI=1S/C10H11FN2O3/c1-10(5-12-6-10)16-9-4-7(11)2-3-8(9)13(14)15/h2-4,12H,5-6H2,1H3. The van der Waals surface area contributed by atoms with Crippen molar-refractivity contribution in [2.45, 2.75) is 12.5 Å². The quantitative estimate of drug-likeness (QED) is 0.626. The van der Waals surface area contributed by atoms with Gasteiger partial charge in [-0.05, 0) is 13.0 Å². The van der Waals surface area contributed by atoms with Crippen LogP contribution in [0.5, 0.6) is 5.75 Å². The van der Waals surface area contributed by atoms with Gasteiger partial charge in [-0.3, -0.25) is 10.1 Å². The number of rotatable bonds is 3. The van der Waals surface area contributed by atoms with Crippen molar-refractivity contribution in [2.75, 3.05) is 13.1 Å². The minimum Gasteiger partial charge on any atom is -0.478 e. The van der Waals surface area contributed by atoms with Crippen molar-refractivity contribution in [2.24, 2.45) is 0 Å². The Morgan fingerprint density at radius 3 is 2.75 bits per heavy atom. The minimum atomic E-state index is -0.579. The molecule has 1 aromatic rings. The molecule has 6 heteroatoms. The third-order valence-corrected chi connectivity index (χ3v) is 2.47. The van der Waals surface area contributed by atoms with Crippen molar-refractivity contribution in [1.82, 2.24) is 5.32 Å². The number of hydrogen-bond acceptors (Lipinski definition) is 4. The molecule has 1 N–H and O–H groups in total. The Bertz CT molecular complexity index is 432. The van der Waals surface area contributed by atoms with Crippen LogP contribution >= 0.6 is 0 Å². The normalized spacial score (nSPS) is 17.6. The van der Waals surface area contributed by atoms with Gasteiger partial charge >= 0.3 is 5.69 Å². The lowest BCUT2D eigenvalue weighted by molar-refractivity contribution is -0.386. The molecule has 0 amide bonds. The summed E-state index contributed by atoms with van der Waals surface area (Å²) in [6.07, 6.45) is 0. The summed E-state index contributed by atoms with van der Waals surface area (Å²) in [6, 6.07) is 3.20. The zero-order chi connectivity index (χ0) is 11.8. The summed E-state index contributed by atoms with van der Waals surface area (Å²) in [6.45, 7) is 3.01. The minimum absolute atomic E-state index is 0.0194. The molecule has 2 rings (SSSR count). The summed E-state index contributed by atoms with van der Waals surface area (Å²) in [5.41, 5.74) is -0.701. The topological polar surface area (TPSA) is 64.4 Å². The summed E-state index contributed by atoms with van der Waals surface area (Å²) in [7, 11) is 0. The second-order valence-corrected chi connectivity index (χ2v) is 4.02. The maximum absolute atomic E-state index is 13.0. The van der Waals surface area contributed by atoms with Crippen LogP contribution in [0, 0.1) is 15.9 Å². The van der Waals surface area contributed by atoms with E-state index < -0.39 is 16.3 Å². The second kappa shape index (κ2) is 3.71. The largest absolute Gasteiger partial charge is 0.478 e. The molecule has 0 spiro atoms. The molecule has 0 unspecified atom stereocenters. The number of ether oxygens (including phenoxy) is 1. The monoisotopic (exact) mass is 226 g/mol. The van der Waals surface area contributed by atoms with Gasteiger partial charge < -0.3 is 10.1 Å². The highest BCUT2D eigenvalue weighted by Gasteiger charge is 2.35. The lowest BCUT2D eigenvalue weighted by atomic mass is 10.00. The molecule has 1 aliphatic heterocycles. The molecule has 1 aromatic carbocycles. The predicted molar refractivity (Wildman–Crippen MR) is 55.0 cm³/mol. The molecule has 0 bridgehead atoms. The number of nitrogens with zero attached hydrogens (tertiary/aromatic N) is 1. The van der Waals surface area contributed by atoms with Crippen LogP contribution in [0.1, 0.15) is 6.92 Å². The molecule has 1 aliphatic rings. The Balaban J connectivity index is 2.30. The molecule has 0 aromatic heterocycles. The van der Waals surface area contributed by atoms with Crippen molar-refractivity contribution in [1.29, 1.82) is 0 Å². The van der Waals surface area contributed by atoms with E-state index in [1.807, 2.05) is 6.92 Å². The number of hydrogen-bond donors (Lipinski definition) is 1. The Hall–Kier alpha value is -1.69. The third kappa shape index (κ3) is 1.96. The molecule has 0 atom stereocenters. The number of nitro groups is 1. The van der Waals surface area contributed by atoms with E-state index in [1.54, 1.807) is 0 Å². The van der Waals surface area contributed by atoms with E-state index in [4.69, 9.17) is 4.74 Å². The van der Waals surface area contributed by atoms with Crippen LogP contribution in [-0.4, -0.2) is 23.6 Å². The summed E-state index contributed by atoms with van der Waals surface area (Å²) < 4.78 is 18.5. The Morgan fingerprint density at radius 2 is 2.25 bits per heavy atom. The van der Waals surface area contributed by atoms with Gasteiger partial charge in [0.1, 0.15) is 11.4 Å². The fourth-order valence-electron chi connectivity index (χ4n) is 1.54. The zero-order valence-corrected chi connectivity index (χ0v) is 8.70. The van der Waals surface area contributed by atoms with Crippen molar-refractivity contribution >= 4 is 5.69 Å². The van der Waals surface area contributed by atoms with E-state index in [9.17, 15) is 14.5 Å². The molecule has 5 nitrogen and oxygen atoms in total. The van der Waals surface area contributed by atoms with E-state index in [-0.39, 0.29) is 11.4 Å². The first kappa shape index (κ1) is 10.8. The second-order valence-electron chi connectivity index (χ2n) is 4.02. The van der Waals surface area contributed by atoms with Crippen LogP contribution < -0.4 is 10.1 Å². The average molecular weight is 226 g/mol.